The van der Waals surface area contributed by atoms with Gasteiger partial charge in [-0.05, 0) is 81.1 Å². The molecule has 1 heterocycles. The van der Waals surface area contributed by atoms with E-state index in [0.717, 1.165) is 17.1 Å². The Balaban J connectivity index is 1.21. The van der Waals surface area contributed by atoms with Gasteiger partial charge in [-0.25, -0.2) is 0 Å². The van der Waals surface area contributed by atoms with Crippen molar-refractivity contribution < 1.29 is 0 Å². The molecule has 0 aliphatic carbocycles. The molecule has 2 heteroatoms. The normalized spacial score (nSPS) is 11.3. The molecule has 1 aromatic heterocycles. The molecule has 0 spiro atoms. The SMILES string of the molecule is c1ccc(-c2ccc(N(c3ccc4c(c3)sc3ccccc34)c3ccccc3-c3cccc(-c4cccc5ccccc45)c3)cc2)cc1. The van der Waals surface area contributed by atoms with Crippen LogP contribution in [0, 0.1) is 0 Å². The largest absolute Gasteiger partial charge is 0.310 e. The standard InChI is InChI=1S/C46H31NS/c1-2-12-32(13-3-1)33-24-26-37(27-25-33)47(38-28-29-43-42-20-7-9-23-45(42)48-46(43)31-38)44-22-8-6-19-41(44)36-17-10-16-35(30-36)40-21-11-15-34-14-4-5-18-39(34)40/h1-31H. The maximum Gasteiger partial charge on any atom is 0.0540 e. The number of fused-ring (bicyclic) bond motifs is 4. The van der Waals surface area contributed by atoms with E-state index in [0.29, 0.717) is 0 Å². The van der Waals surface area contributed by atoms with E-state index in [2.05, 4.69) is 193 Å². The lowest BCUT2D eigenvalue weighted by atomic mass is 9.94. The molecule has 0 amide bonds. The van der Waals surface area contributed by atoms with E-state index in [1.807, 2.05) is 11.3 Å². The maximum absolute atomic E-state index is 2.42. The van der Waals surface area contributed by atoms with Crippen LogP contribution in [0.15, 0.2) is 188 Å². The number of hydrogen-bond acceptors (Lipinski definition) is 2. The number of thiophene rings is 1. The summed E-state index contributed by atoms with van der Waals surface area (Å²) in [5.41, 5.74) is 10.6. The summed E-state index contributed by atoms with van der Waals surface area (Å²) < 4.78 is 2.60. The minimum Gasteiger partial charge on any atom is -0.310 e. The van der Waals surface area contributed by atoms with Crippen molar-refractivity contribution in [2.45, 2.75) is 0 Å². The molecular weight excluding hydrogens is 599 g/mol. The highest BCUT2D eigenvalue weighted by Gasteiger charge is 2.19. The van der Waals surface area contributed by atoms with E-state index in [4.69, 9.17) is 0 Å². The lowest BCUT2D eigenvalue weighted by molar-refractivity contribution is 1.29. The van der Waals surface area contributed by atoms with Crippen LogP contribution in [0.3, 0.4) is 0 Å². The van der Waals surface area contributed by atoms with Crippen molar-refractivity contribution in [2.75, 3.05) is 4.90 Å². The van der Waals surface area contributed by atoms with Crippen molar-refractivity contribution in [3.63, 3.8) is 0 Å². The minimum absolute atomic E-state index is 1.12. The summed E-state index contributed by atoms with van der Waals surface area (Å²) in [6.45, 7) is 0. The van der Waals surface area contributed by atoms with Crippen LogP contribution >= 0.6 is 11.3 Å². The third-order valence-corrected chi connectivity index (χ3v) is 10.4. The highest BCUT2D eigenvalue weighted by molar-refractivity contribution is 7.25. The van der Waals surface area contributed by atoms with Gasteiger partial charge in [0, 0.05) is 37.1 Å². The molecule has 0 aliphatic heterocycles. The van der Waals surface area contributed by atoms with Gasteiger partial charge in [-0.15, -0.1) is 11.3 Å². The Morgan fingerprint density at radius 1 is 0.333 bits per heavy atom. The Kier molecular flexibility index (Phi) is 7.07. The summed E-state index contributed by atoms with van der Waals surface area (Å²) in [4.78, 5) is 2.42. The molecule has 0 saturated heterocycles. The summed E-state index contributed by atoms with van der Waals surface area (Å²) in [6.07, 6.45) is 0. The summed E-state index contributed by atoms with van der Waals surface area (Å²) in [6, 6.07) is 68.2. The number of hydrogen-bond donors (Lipinski definition) is 0. The quantitative estimate of drug-likeness (QED) is 0.177. The third kappa shape index (κ3) is 5.04. The predicted octanol–water partition coefficient (Wildman–Crippen LogP) is 13.7. The Hall–Kier alpha value is -5.96. The van der Waals surface area contributed by atoms with Gasteiger partial charge >= 0.3 is 0 Å². The molecule has 48 heavy (non-hydrogen) atoms. The van der Waals surface area contributed by atoms with Crippen LogP contribution in [0.2, 0.25) is 0 Å². The molecule has 226 valence electrons. The lowest BCUT2D eigenvalue weighted by Gasteiger charge is -2.28. The van der Waals surface area contributed by atoms with Gasteiger partial charge < -0.3 is 4.90 Å². The molecule has 0 saturated carbocycles. The van der Waals surface area contributed by atoms with Gasteiger partial charge in [-0.2, -0.15) is 0 Å². The van der Waals surface area contributed by atoms with Crippen LogP contribution in [-0.2, 0) is 0 Å². The second kappa shape index (κ2) is 12.0. The van der Waals surface area contributed by atoms with Gasteiger partial charge in [-0.1, -0.05) is 146 Å². The van der Waals surface area contributed by atoms with Crippen LogP contribution < -0.4 is 4.90 Å². The molecule has 0 bridgehead atoms. The van der Waals surface area contributed by atoms with Gasteiger partial charge in [-0.3, -0.25) is 0 Å². The molecule has 0 N–H and O–H groups in total. The monoisotopic (exact) mass is 629 g/mol. The average Bonchev–Trinajstić information content (AvgIpc) is 3.54. The maximum atomic E-state index is 2.42. The molecule has 8 aromatic carbocycles. The Bertz CT molecular complexity index is 2560. The van der Waals surface area contributed by atoms with Crippen molar-refractivity contribution in [1.82, 2.24) is 0 Å². The van der Waals surface area contributed by atoms with Gasteiger partial charge in [0.15, 0.2) is 0 Å². The van der Waals surface area contributed by atoms with E-state index < -0.39 is 0 Å². The van der Waals surface area contributed by atoms with Crippen LogP contribution in [-0.4, -0.2) is 0 Å². The molecule has 9 rings (SSSR count). The van der Waals surface area contributed by atoms with Crippen molar-refractivity contribution in [2.24, 2.45) is 0 Å². The van der Waals surface area contributed by atoms with Crippen LogP contribution in [0.5, 0.6) is 0 Å². The number of rotatable bonds is 6. The first kappa shape index (κ1) is 28.3. The number of para-hydroxylation sites is 1. The first-order valence-corrected chi connectivity index (χ1v) is 17.2. The zero-order valence-electron chi connectivity index (χ0n) is 26.3. The highest BCUT2D eigenvalue weighted by Crippen LogP contribution is 2.44. The number of anilines is 3. The molecule has 9 aromatic rings. The average molecular weight is 630 g/mol. The van der Waals surface area contributed by atoms with E-state index in [1.54, 1.807) is 0 Å². The van der Waals surface area contributed by atoms with Gasteiger partial charge in [0.05, 0.1) is 5.69 Å². The van der Waals surface area contributed by atoms with Gasteiger partial charge in [0.1, 0.15) is 0 Å². The van der Waals surface area contributed by atoms with Crippen molar-refractivity contribution >= 4 is 59.3 Å². The Labute approximate surface area is 284 Å². The minimum atomic E-state index is 1.12. The molecular formula is C46H31NS. The third-order valence-electron chi connectivity index (χ3n) is 9.27. The molecule has 0 fully saturated rings. The fraction of sp³-hybridized carbons (Fsp3) is 0. The molecule has 0 atom stereocenters. The molecule has 0 unspecified atom stereocenters. The Morgan fingerprint density at radius 2 is 0.917 bits per heavy atom. The Morgan fingerprint density at radius 3 is 1.79 bits per heavy atom. The van der Waals surface area contributed by atoms with Crippen molar-refractivity contribution in [3.05, 3.63) is 188 Å². The zero-order chi connectivity index (χ0) is 31.9. The van der Waals surface area contributed by atoms with E-state index in [1.165, 1.54) is 64.3 Å². The van der Waals surface area contributed by atoms with E-state index >= 15 is 0 Å². The predicted molar refractivity (Wildman–Crippen MR) is 208 cm³/mol. The van der Waals surface area contributed by atoms with Gasteiger partial charge in [0.2, 0.25) is 0 Å². The summed E-state index contributed by atoms with van der Waals surface area (Å²) in [5.74, 6) is 0. The first-order chi connectivity index (χ1) is 23.8. The molecule has 1 nitrogen and oxygen atoms in total. The second-order valence-corrected chi connectivity index (χ2v) is 13.2. The van der Waals surface area contributed by atoms with Crippen LogP contribution in [0.25, 0.3) is 64.3 Å². The van der Waals surface area contributed by atoms with Crippen molar-refractivity contribution in [3.8, 4) is 33.4 Å². The number of benzene rings is 8. The summed E-state index contributed by atoms with van der Waals surface area (Å²) in [7, 11) is 0. The van der Waals surface area contributed by atoms with Crippen LogP contribution in [0.1, 0.15) is 0 Å². The second-order valence-electron chi connectivity index (χ2n) is 12.2. The summed E-state index contributed by atoms with van der Waals surface area (Å²) >= 11 is 1.86. The highest BCUT2D eigenvalue weighted by atomic mass is 32.1. The first-order valence-electron chi connectivity index (χ1n) is 16.3. The molecule has 0 radical (unpaired) electrons. The van der Waals surface area contributed by atoms with E-state index in [9.17, 15) is 0 Å². The van der Waals surface area contributed by atoms with Crippen LogP contribution in [0.4, 0.5) is 17.1 Å². The topological polar surface area (TPSA) is 3.24 Å². The van der Waals surface area contributed by atoms with Gasteiger partial charge in [0.25, 0.3) is 0 Å². The zero-order valence-corrected chi connectivity index (χ0v) is 27.1. The fourth-order valence-corrected chi connectivity index (χ4v) is 8.10. The fourth-order valence-electron chi connectivity index (χ4n) is 6.96. The van der Waals surface area contributed by atoms with E-state index in [-0.39, 0.29) is 0 Å². The summed E-state index contributed by atoms with van der Waals surface area (Å²) in [5, 5.41) is 5.13. The van der Waals surface area contributed by atoms with Crippen molar-refractivity contribution in [1.29, 1.82) is 0 Å². The molecule has 0 aliphatic rings. The smallest absolute Gasteiger partial charge is 0.0540 e. The lowest BCUT2D eigenvalue weighted by Crippen LogP contribution is -2.11. The number of nitrogens with zero attached hydrogens (tertiary/aromatic N) is 1.